The van der Waals surface area contributed by atoms with Gasteiger partial charge in [0.15, 0.2) is 0 Å². The Morgan fingerprint density at radius 3 is 2.44 bits per heavy atom. The minimum atomic E-state index is -0.298. The summed E-state index contributed by atoms with van der Waals surface area (Å²) in [5, 5.41) is 3.32. The van der Waals surface area contributed by atoms with Gasteiger partial charge < -0.3 is 19.9 Å². The molecule has 4 rings (SSSR count). The van der Waals surface area contributed by atoms with Crippen molar-refractivity contribution in [2.24, 2.45) is 5.92 Å². The van der Waals surface area contributed by atoms with E-state index in [0.29, 0.717) is 6.54 Å². The van der Waals surface area contributed by atoms with E-state index in [9.17, 15) is 9.59 Å². The van der Waals surface area contributed by atoms with Crippen LogP contribution in [0.3, 0.4) is 0 Å². The van der Waals surface area contributed by atoms with Crippen LogP contribution in [-0.2, 0) is 14.3 Å². The minimum Gasteiger partial charge on any atom is -0.379 e. The van der Waals surface area contributed by atoms with Crippen LogP contribution in [0, 0.1) is 5.92 Å². The molecule has 0 aromatic heterocycles. The Balaban J connectivity index is 1.42. The molecule has 3 aliphatic heterocycles. The van der Waals surface area contributed by atoms with E-state index in [-0.39, 0.29) is 23.9 Å². The van der Waals surface area contributed by atoms with Gasteiger partial charge in [0, 0.05) is 78.4 Å². The predicted molar refractivity (Wildman–Crippen MR) is 124 cm³/mol. The topological polar surface area (TPSA) is 68.4 Å². The van der Waals surface area contributed by atoms with Gasteiger partial charge in [-0.05, 0) is 25.2 Å². The number of rotatable bonds is 7. The Labute approximate surface area is 193 Å². The van der Waals surface area contributed by atoms with Crippen molar-refractivity contribution in [3.8, 4) is 0 Å². The number of piperazine rings is 1. The Morgan fingerprint density at radius 1 is 1.03 bits per heavy atom. The molecule has 2 amide bonds. The quantitative estimate of drug-likeness (QED) is 0.615. The first kappa shape index (κ1) is 23.9. The SMILES string of the molecule is CC(=O)N1CC(N(CCN2CCOCC2)CC2CCCCC2)CC1C(=O)N1CCNCC1. The molecule has 0 bridgehead atoms. The lowest BCUT2D eigenvalue weighted by atomic mass is 9.88. The highest BCUT2D eigenvalue weighted by atomic mass is 16.5. The lowest BCUT2D eigenvalue weighted by Crippen LogP contribution is -2.53. The van der Waals surface area contributed by atoms with Gasteiger partial charge in [0.05, 0.1) is 13.2 Å². The molecular weight excluding hydrogens is 406 g/mol. The van der Waals surface area contributed by atoms with Crippen molar-refractivity contribution in [2.75, 3.05) is 78.7 Å². The molecule has 32 heavy (non-hydrogen) atoms. The fourth-order valence-corrected chi connectivity index (χ4v) is 5.98. The van der Waals surface area contributed by atoms with Gasteiger partial charge in [-0.1, -0.05) is 19.3 Å². The average Bonchev–Trinajstić information content (AvgIpc) is 3.29. The Kier molecular flexibility index (Phi) is 8.80. The van der Waals surface area contributed by atoms with E-state index < -0.39 is 0 Å². The molecule has 4 fully saturated rings. The predicted octanol–water partition coefficient (Wildman–Crippen LogP) is 0.622. The van der Waals surface area contributed by atoms with Crippen LogP contribution in [0.4, 0.5) is 0 Å². The Hall–Kier alpha value is -1.22. The van der Waals surface area contributed by atoms with Gasteiger partial charge in [-0.25, -0.2) is 0 Å². The monoisotopic (exact) mass is 449 g/mol. The van der Waals surface area contributed by atoms with Crippen LogP contribution >= 0.6 is 0 Å². The molecule has 0 radical (unpaired) electrons. The molecular formula is C24H43N5O3. The number of hydrogen-bond acceptors (Lipinski definition) is 6. The summed E-state index contributed by atoms with van der Waals surface area (Å²) in [6.45, 7) is 12.3. The second-order valence-corrected chi connectivity index (χ2v) is 10.1. The van der Waals surface area contributed by atoms with Crippen molar-refractivity contribution < 1.29 is 14.3 Å². The first-order valence-electron chi connectivity index (χ1n) is 12.9. The summed E-state index contributed by atoms with van der Waals surface area (Å²) < 4.78 is 5.52. The first-order valence-corrected chi connectivity index (χ1v) is 12.9. The summed E-state index contributed by atoms with van der Waals surface area (Å²) in [6, 6.07) is -0.0217. The van der Waals surface area contributed by atoms with Crippen molar-refractivity contribution in [1.29, 1.82) is 0 Å². The van der Waals surface area contributed by atoms with E-state index in [0.717, 1.165) is 84.5 Å². The zero-order chi connectivity index (χ0) is 22.3. The number of amides is 2. The van der Waals surface area contributed by atoms with Crippen LogP contribution in [-0.4, -0.2) is 122 Å². The molecule has 3 heterocycles. The molecule has 2 atom stereocenters. The number of nitrogens with zero attached hydrogens (tertiary/aromatic N) is 4. The largest absolute Gasteiger partial charge is 0.379 e. The highest BCUT2D eigenvalue weighted by Crippen LogP contribution is 2.29. The van der Waals surface area contributed by atoms with E-state index in [1.807, 2.05) is 9.80 Å². The lowest BCUT2D eigenvalue weighted by Gasteiger charge is -2.36. The van der Waals surface area contributed by atoms with Crippen LogP contribution in [0.25, 0.3) is 0 Å². The molecule has 8 nitrogen and oxygen atoms in total. The van der Waals surface area contributed by atoms with Gasteiger partial charge >= 0.3 is 0 Å². The summed E-state index contributed by atoms with van der Waals surface area (Å²) in [7, 11) is 0. The van der Waals surface area contributed by atoms with E-state index in [1.165, 1.54) is 32.1 Å². The zero-order valence-corrected chi connectivity index (χ0v) is 20.0. The van der Waals surface area contributed by atoms with E-state index >= 15 is 0 Å². The zero-order valence-electron chi connectivity index (χ0n) is 20.0. The second kappa shape index (κ2) is 11.8. The fraction of sp³-hybridized carbons (Fsp3) is 0.917. The molecule has 3 saturated heterocycles. The van der Waals surface area contributed by atoms with Gasteiger partial charge in [0.25, 0.3) is 0 Å². The Morgan fingerprint density at radius 2 is 1.75 bits per heavy atom. The molecule has 0 aromatic rings. The van der Waals surface area contributed by atoms with Crippen LogP contribution in [0.5, 0.6) is 0 Å². The fourth-order valence-electron chi connectivity index (χ4n) is 5.98. The van der Waals surface area contributed by atoms with Crippen molar-refractivity contribution in [1.82, 2.24) is 24.9 Å². The minimum absolute atomic E-state index is 0.0341. The van der Waals surface area contributed by atoms with E-state index in [1.54, 1.807) is 6.92 Å². The maximum absolute atomic E-state index is 13.3. The molecule has 0 aromatic carbocycles. The van der Waals surface area contributed by atoms with E-state index in [4.69, 9.17) is 4.74 Å². The Bertz CT molecular complexity index is 615. The smallest absolute Gasteiger partial charge is 0.245 e. The second-order valence-electron chi connectivity index (χ2n) is 10.1. The van der Waals surface area contributed by atoms with Gasteiger partial charge in [0.1, 0.15) is 6.04 Å². The lowest BCUT2D eigenvalue weighted by molar-refractivity contribution is -0.143. The van der Waals surface area contributed by atoms with E-state index in [2.05, 4.69) is 15.1 Å². The normalized spacial score (nSPS) is 28.4. The average molecular weight is 450 g/mol. The number of morpholine rings is 1. The van der Waals surface area contributed by atoms with Crippen LogP contribution < -0.4 is 5.32 Å². The molecule has 8 heteroatoms. The van der Waals surface area contributed by atoms with Crippen LogP contribution in [0.15, 0.2) is 0 Å². The molecule has 1 N–H and O–H groups in total. The number of likely N-dealkylation sites (tertiary alicyclic amines) is 1. The summed E-state index contributed by atoms with van der Waals surface area (Å²) >= 11 is 0. The molecule has 4 aliphatic rings. The van der Waals surface area contributed by atoms with Gasteiger partial charge in [-0.15, -0.1) is 0 Å². The molecule has 1 aliphatic carbocycles. The number of carbonyl (C=O) groups is 2. The van der Waals surface area contributed by atoms with Crippen molar-refractivity contribution >= 4 is 11.8 Å². The third-order valence-electron chi connectivity index (χ3n) is 7.94. The third-order valence-corrected chi connectivity index (χ3v) is 7.94. The summed E-state index contributed by atoms with van der Waals surface area (Å²) in [4.78, 5) is 34.8. The summed E-state index contributed by atoms with van der Waals surface area (Å²) in [5.74, 6) is 0.934. The number of nitrogens with one attached hydrogen (secondary N) is 1. The maximum Gasteiger partial charge on any atom is 0.245 e. The van der Waals surface area contributed by atoms with Gasteiger partial charge in [-0.2, -0.15) is 0 Å². The maximum atomic E-state index is 13.3. The summed E-state index contributed by atoms with van der Waals surface area (Å²) in [5.41, 5.74) is 0. The summed E-state index contributed by atoms with van der Waals surface area (Å²) in [6.07, 6.45) is 7.47. The number of hydrogen-bond donors (Lipinski definition) is 1. The molecule has 2 unspecified atom stereocenters. The molecule has 182 valence electrons. The first-order chi connectivity index (χ1) is 15.6. The van der Waals surface area contributed by atoms with Crippen molar-refractivity contribution in [3.63, 3.8) is 0 Å². The van der Waals surface area contributed by atoms with Crippen molar-refractivity contribution in [2.45, 2.75) is 57.5 Å². The van der Waals surface area contributed by atoms with Crippen LogP contribution in [0.1, 0.15) is 45.4 Å². The number of ether oxygens (including phenoxy) is 1. The standard InChI is InChI=1S/C24H43N5O3/c1-20(30)29-19-22(17-23(29)24(31)27-9-7-25-8-10-27)28(18-21-5-3-2-4-6-21)12-11-26-13-15-32-16-14-26/h21-23,25H,2-19H2,1H3. The molecule has 0 spiro atoms. The van der Waals surface area contributed by atoms with Gasteiger partial charge in [0.2, 0.25) is 11.8 Å². The van der Waals surface area contributed by atoms with Gasteiger partial charge in [-0.3, -0.25) is 19.4 Å². The molecule has 1 saturated carbocycles. The third kappa shape index (κ3) is 6.22. The van der Waals surface area contributed by atoms with Crippen molar-refractivity contribution in [3.05, 3.63) is 0 Å². The van der Waals surface area contributed by atoms with Crippen LogP contribution in [0.2, 0.25) is 0 Å². The number of carbonyl (C=O) groups excluding carboxylic acids is 2. The highest BCUT2D eigenvalue weighted by Gasteiger charge is 2.42. The highest BCUT2D eigenvalue weighted by molar-refractivity contribution is 5.87.